The second-order valence-corrected chi connectivity index (χ2v) is 4.99. The molecule has 0 spiro atoms. The smallest absolute Gasteiger partial charge is 0.217 e. The van der Waals surface area contributed by atoms with Crippen molar-refractivity contribution < 1.29 is 4.79 Å². The third-order valence-electron chi connectivity index (χ3n) is 2.57. The number of carbonyl (C=O) groups is 1. The van der Waals surface area contributed by atoms with E-state index in [1.165, 1.54) is 32.1 Å². The molecule has 1 aliphatic carbocycles. The standard InChI is InChI=1S/C10H18BrNO/c1-8(13)12-10-7-5-3-2-4-6-9(10)11/h9-10H,2-7H2,1H3,(H,12,13)/t9-,10-/m0/s1. The van der Waals surface area contributed by atoms with Crippen molar-refractivity contribution in [2.24, 2.45) is 0 Å². The zero-order valence-electron chi connectivity index (χ0n) is 8.18. The Kier molecular flexibility index (Phi) is 4.78. The van der Waals surface area contributed by atoms with E-state index in [-0.39, 0.29) is 5.91 Å². The lowest BCUT2D eigenvalue weighted by atomic mass is 9.96. The van der Waals surface area contributed by atoms with Crippen LogP contribution in [0, 0.1) is 0 Å². The summed E-state index contributed by atoms with van der Waals surface area (Å²) in [5.74, 6) is 0.0926. The highest BCUT2D eigenvalue weighted by Crippen LogP contribution is 2.22. The molecule has 2 nitrogen and oxygen atoms in total. The van der Waals surface area contributed by atoms with Gasteiger partial charge in [0.1, 0.15) is 0 Å². The highest BCUT2D eigenvalue weighted by Gasteiger charge is 2.20. The summed E-state index contributed by atoms with van der Waals surface area (Å²) in [4.78, 5) is 11.4. The summed E-state index contributed by atoms with van der Waals surface area (Å²) in [5, 5.41) is 3.01. The van der Waals surface area contributed by atoms with Gasteiger partial charge in [0.15, 0.2) is 0 Å². The zero-order chi connectivity index (χ0) is 9.68. The first kappa shape index (κ1) is 11.0. The molecule has 1 amide bonds. The van der Waals surface area contributed by atoms with Crippen molar-refractivity contribution in [3.8, 4) is 0 Å². The molecule has 0 aromatic carbocycles. The van der Waals surface area contributed by atoms with Crippen LogP contribution in [0.2, 0.25) is 0 Å². The lowest BCUT2D eigenvalue weighted by molar-refractivity contribution is -0.119. The Bertz CT molecular complexity index is 172. The van der Waals surface area contributed by atoms with Gasteiger partial charge in [0, 0.05) is 17.8 Å². The maximum absolute atomic E-state index is 10.9. The molecular weight excluding hydrogens is 230 g/mol. The van der Waals surface area contributed by atoms with Crippen molar-refractivity contribution in [1.29, 1.82) is 0 Å². The summed E-state index contributed by atoms with van der Waals surface area (Å²) in [6, 6.07) is 0.345. The monoisotopic (exact) mass is 247 g/mol. The van der Waals surface area contributed by atoms with Crippen molar-refractivity contribution in [2.75, 3.05) is 0 Å². The van der Waals surface area contributed by atoms with Crippen LogP contribution in [0.4, 0.5) is 0 Å². The molecule has 1 fully saturated rings. The van der Waals surface area contributed by atoms with Crippen LogP contribution in [0.3, 0.4) is 0 Å². The Labute approximate surface area is 88.6 Å². The Hall–Kier alpha value is -0.0500. The van der Waals surface area contributed by atoms with Gasteiger partial charge in [0.25, 0.3) is 0 Å². The van der Waals surface area contributed by atoms with Gasteiger partial charge in [0.2, 0.25) is 5.91 Å². The van der Waals surface area contributed by atoms with Gasteiger partial charge < -0.3 is 5.32 Å². The Balaban J connectivity index is 2.41. The fourth-order valence-corrected chi connectivity index (χ4v) is 2.58. The predicted octanol–water partition coefficient (Wildman–Crippen LogP) is 2.61. The van der Waals surface area contributed by atoms with Crippen LogP contribution < -0.4 is 5.32 Å². The maximum atomic E-state index is 10.9. The van der Waals surface area contributed by atoms with Gasteiger partial charge in [0.05, 0.1) is 0 Å². The van der Waals surface area contributed by atoms with Crippen molar-refractivity contribution in [3.05, 3.63) is 0 Å². The summed E-state index contributed by atoms with van der Waals surface area (Å²) >= 11 is 3.65. The highest BCUT2D eigenvalue weighted by atomic mass is 79.9. The number of alkyl halides is 1. The largest absolute Gasteiger partial charge is 0.352 e. The van der Waals surface area contributed by atoms with Crippen molar-refractivity contribution in [2.45, 2.75) is 56.3 Å². The first-order chi connectivity index (χ1) is 6.20. The van der Waals surface area contributed by atoms with Gasteiger partial charge in [-0.1, -0.05) is 41.6 Å². The second-order valence-electron chi connectivity index (χ2n) is 3.81. The van der Waals surface area contributed by atoms with Gasteiger partial charge in [-0.3, -0.25) is 4.79 Å². The Morgan fingerprint density at radius 3 is 2.46 bits per heavy atom. The van der Waals surface area contributed by atoms with Crippen LogP contribution in [0.25, 0.3) is 0 Å². The fraction of sp³-hybridized carbons (Fsp3) is 0.900. The molecule has 13 heavy (non-hydrogen) atoms. The molecule has 0 saturated heterocycles. The summed E-state index contributed by atoms with van der Waals surface area (Å²) in [5.41, 5.74) is 0. The predicted molar refractivity (Wildman–Crippen MR) is 58.0 cm³/mol. The number of amides is 1. The molecule has 0 aromatic rings. The SMILES string of the molecule is CC(=O)N[C@H]1CCCCCC[C@@H]1Br. The normalized spacial score (nSPS) is 30.3. The molecule has 0 radical (unpaired) electrons. The molecule has 1 N–H and O–H groups in total. The Morgan fingerprint density at radius 2 is 1.85 bits per heavy atom. The van der Waals surface area contributed by atoms with Gasteiger partial charge in [-0.2, -0.15) is 0 Å². The molecule has 1 rings (SSSR count). The average molecular weight is 248 g/mol. The zero-order valence-corrected chi connectivity index (χ0v) is 9.77. The van der Waals surface area contributed by atoms with E-state index >= 15 is 0 Å². The first-order valence-corrected chi connectivity index (χ1v) is 6.03. The van der Waals surface area contributed by atoms with Gasteiger partial charge in [-0.15, -0.1) is 0 Å². The van der Waals surface area contributed by atoms with Crippen LogP contribution in [-0.4, -0.2) is 16.8 Å². The van der Waals surface area contributed by atoms with Crippen LogP contribution in [0.5, 0.6) is 0 Å². The van der Waals surface area contributed by atoms with E-state index in [1.807, 2.05) is 0 Å². The molecule has 0 unspecified atom stereocenters. The summed E-state index contributed by atoms with van der Waals surface area (Å²) in [7, 11) is 0. The third-order valence-corrected chi connectivity index (χ3v) is 3.67. The fourth-order valence-electron chi connectivity index (χ4n) is 1.86. The number of hydrogen-bond donors (Lipinski definition) is 1. The van der Waals surface area contributed by atoms with E-state index < -0.39 is 0 Å². The summed E-state index contributed by atoms with van der Waals surface area (Å²) < 4.78 is 0. The van der Waals surface area contributed by atoms with E-state index in [0.717, 1.165) is 6.42 Å². The van der Waals surface area contributed by atoms with Crippen LogP contribution in [0.15, 0.2) is 0 Å². The number of carbonyl (C=O) groups excluding carboxylic acids is 1. The average Bonchev–Trinajstić information content (AvgIpc) is 2.04. The van der Waals surface area contributed by atoms with E-state index in [0.29, 0.717) is 10.9 Å². The number of halogens is 1. The summed E-state index contributed by atoms with van der Waals surface area (Å²) in [6.45, 7) is 1.60. The maximum Gasteiger partial charge on any atom is 0.217 e. The Morgan fingerprint density at radius 1 is 1.23 bits per heavy atom. The summed E-state index contributed by atoms with van der Waals surface area (Å²) in [6.07, 6.45) is 7.49. The van der Waals surface area contributed by atoms with Crippen molar-refractivity contribution in [1.82, 2.24) is 5.32 Å². The highest BCUT2D eigenvalue weighted by molar-refractivity contribution is 9.09. The first-order valence-electron chi connectivity index (χ1n) is 5.11. The third kappa shape index (κ3) is 4.12. The molecule has 3 heteroatoms. The molecule has 2 atom stereocenters. The number of nitrogens with one attached hydrogen (secondary N) is 1. The molecule has 1 saturated carbocycles. The van der Waals surface area contributed by atoms with E-state index in [9.17, 15) is 4.79 Å². The number of hydrogen-bond acceptors (Lipinski definition) is 1. The van der Waals surface area contributed by atoms with E-state index in [2.05, 4.69) is 21.2 Å². The number of rotatable bonds is 1. The molecule has 0 aliphatic heterocycles. The minimum atomic E-state index is 0.0926. The minimum Gasteiger partial charge on any atom is -0.352 e. The van der Waals surface area contributed by atoms with Crippen LogP contribution >= 0.6 is 15.9 Å². The topological polar surface area (TPSA) is 29.1 Å². The van der Waals surface area contributed by atoms with Gasteiger partial charge >= 0.3 is 0 Å². The lowest BCUT2D eigenvalue weighted by Gasteiger charge is -2.25. The van der Waals surface area contributed by atoms with Crippen molar-refractivity contribution >= 4 is 21.8 Å². The van der Waals surface area contributed by atoms with Gasteiger partial charge in [-0.25, -0.2) is 0 Å². The van der Waals surface area contributed by atoms with E-state index in [4.69, 9.17) is 0 Å². The van der Waals surface area contributed by atoms with Crippen LogP contribution in [0.1, 0.15) is 45.4 Å². The molecule has 76 valence electrons. The molecule has 1 aliphatic rings. The molecule has 0 heterocycles. The van der Waals surface area contributed by atoms with E-state index in [1.54, 1.807) is 6.92 Å². The lowest BCUT2D eigenvalue weighted by Crippen LogP contribution is -2.40. The van der Waals surface area contributed by atoms with Gasteiger partial charge in [-0.05, 0) is 12.8 Å². The van der Waals surface area contributed by atoms with Crippen molar-refractivity contribution in [3.63, 3.8) is 0 Å². The quantitative estimate of drug-likeness (QED) is 0.710. The molecule has 0 bridgehead atoms. The minimum absolute atomic E-state index is 0.0926. The molecule has 0 aromatic heterocycles. The molecular formula is C10H18BrNO. The second kappa shape index (κ2) is 5.63. The van der Waals surface area contributed by atoms with Crippen LogP contribution in [-0.2, 0) is 4.79 Å².